The van der Waals surface area contributed by atoms with Gasteiger partial charge in [-0.15, -0.1) is 0 Å². The van der Waals surface area contributed by atoms with Gasteiger partial charge in [-0.05, 0) is 12.1 Å². The van der Waals surface area contributed by atoms with E-state index in [2.05, 4.69) is 10.1 Å². The minimum absolute atomic E-state index is 0.264. The molecule has 0 saturated carbocycles. The molecule has 0 radical (unpaired) electrons. The molecular weight excluding hydrogens is 230 g/mol. The summed E-state index contributed by atoms with van der Waals surface area (Å²) in [7, 11) is 1.57. The summed E-state index contributed by atoms with van der Waals surface area (Å²) in [6.07, 6.45) is 0. The first-order chi connectivity index (χ1) is 8.78. The van der Waals surface area contributed by atoms with Gasteiger partial charge in [-0.3, -0.25) is 0 Å². The lowest BCUT2D eigenvalue weighted by Gasteiger charge is -2.06. The van der Waals surface area contributed by atoms with E-state index in [-0.39, 0.29) is 5.88 Å². The Balaban J connectivity index is 2.26. The summed E-state index contributed by atoms with van der Waals surface area (Å²) in [5.74, 6) is 0.766. The Morgan fingerprint density at radius 3 is 2.78 bits per heavy atom. The summed E-state index contributed by atoms with van der Waals surface area (Å²) in [6, 6.07) is 11.4. The number of hydrogen-bond acceptors (Lipinski definition) is 5. The molecule has 0 aliphatic heterocycles. The number of para-hydroxylation sites is 1. The van der Waals surface area contributed by atoms with E-state index >= 15 is 0 Å². The summed E-state index contributed by atoms with van der Waals surface area (Å²) >= 11 is 0. The van der Waals surface area contributed by atoms with Crippen LogP contribution in [0.4, 0.5) is 5.88 Å². The van der Waals surface area contributed by atoms with Crippen molar-refractivity contribution in [3.05, 3.63) is 36.4 Å². The molecule has 5 nitrogen and oxygen atoms in total. The second-order valence-corrected chi connectivity index (χ2v) is 3.85. The summed E-state index contributed by atoms with van der Waals surface area (Å²) in [5, 5.41) is 4.89. The monoisotopic (exact) mass is 241 g/mol. The van der Waals surface area contributed by atoms with Gasteiger partial charge in [0.05, 0.1) is 18.2 Å². The van der Waals surface area contributed by atoms with Crippen LogP contribution < -0.4 is 10.5 Å². The van der Waals surface area contributed by atoms with Crippen LogP contribution in [0.5, 0.6) is 5.88 Å². The van der Waals surface area contributed by atoms with Crippen molar-refractivity contribution in [3.63, 3.8) is 0 Å². The summed E-state index contributed by atoms with van der Waals surface area (Å²) in [5.41, 5.74) is 7.77. The molecular formula is C13H11N3O2. The maximum absolute atomic E-state index is 5.53. The van der Waals surface area contributed by atoms with Gasteiger partial charge in [-0.25, -0.2) is 4.98 Å². The van der Waals surface area contributed by atoms with Gasteiger partial charge in [-0.1, -0.05) is 23.4 Å². The van der Waals surface area contributed by atoms with E-state index in [1.54, 1.807) is 13.2 Å². The molecule has 1 aromatic carbocycles. The van der Waals surface area contributed by atoms with Crippen LogP contribution in [0.1, 0.15) is 0 Å². The Hall–Kier alpha value is -2.56. The van der Waals surface area contributed by atoms with Gasteiger partial charge in [0.1, 0.15) is 5.69 Å². The number of fused-ring (bicyclic) bond motifs is 1. The predicted octanol–water partition coefficient (Wildman–Crippen LogP) is 2.48. The molecule has 3 rings (SSSR count). The molecule has 0 aliphatic rings. The van der Waals surface area contributed by atoms with Crippen molar-refractivity contribution in [3.8, 4) is 17.1 Å². The lowest BCUT2D eigenvalue weighted by Crippen LogP contribution is -1.92. The van der Waals surface area contributed by atoms with E-state index in [0.29, 0.717) is 11.6 Å². The van der Waals surface area contributed by atoms with E-state index in [0.717, 1.165) is 16.5 Å². The molecule has 2 N–H and O–H groups in total. The van der Waals surface area contributed by atoms with Crippen LogP contribution in [-0.2, 0) is 0 Å². The topological polar surface area (TPSA) is 74.2 Å². The van der Waals surface area contributed by atoms with E-state index in [9.17, 15) is 0 Å². The largest absolute Gasteiger partial charge is 0.480 e. The van der Waals surface area contributed by atoms with Crippen LogP contribution in [0.15, 0.2) is 40.9 Å². The SMILES string of the molecule is COc1nc2ccccc2cc1-c1cc(N)on1. The van der Waals surface area contributed by atoms with Gasteiger partial charge in [-0.2, -0.15) is 0 Å². The molecule has 0 aliphatic carbocycles. The number of ether oxygens (including phenoxy) is 1. The van der Waals surface area contributed by atoms with Crippen molar-refractivity contribution in [1.82, 2.24) is 10.1 Å². The number of hydrogen-bond donors (Lipinski definition) is 1. The predicted molar refractivity (Wildman–Crippen MR) is 68.2 cm³/mol. The van der Waals surface area contributed by atoms with Gasteiger partial charge in [0.15, 0.2) is 0 Å². The normalized spacial score (nSPS) is 10.7. The second-order valence-electron chi connectivity index (χ2n) is 3.85. The standard InChI is InChI=1S/C13H11N3O2/c1-17-13-9(11-7-12(14)18-16-11)6-8-4-2-3-5-10(8)15-13/h2-7H,14H2,1H3. The van der Waals surface area contributed by atoms with Gasteiger partial charge in [0, 0.05) is 11.5 Å². The number of nitrogens with two attached hydrogens (primary N) is 1. The molecule has 18 heavy (non-hydrogen) atoms. The van der Waals surface area contributed by atoms with Crippen molar-refractivity contribution in [2.75, 3.05) is 12.8 Å². The van der Waals surface area contributed by atoms with Crippen LogP contribution in [0.3, 0.4) is 0 Å². The number of methoxy groups -OCH3 is 1. The van der Waals surface area contributed by atoms with E-state index in [1.165, 1.54) is 0 Å². The summed E-state index contributed by atoms with van der Waals surface area (Å²) < 4.78 is 10.2. The first-order valence-electron chi connectivity index (χ1n) is 5.44. The zero-order chi connectivity index (χ0) is 12.5. The van der Waals surface area contributed by atoms with Crippen molar-refractivity contribution < 1.29 is 9.26 Å². The highest BCUT2D eigenvalue weighted by Crippen LogP contribution is 2.31. The van der Waals surface area contributed by atoms with Crippen LogP contribution in [0.2, 0.25) is 0 Å². The van der Waals surface area contributed by atoms with Gasteiger partial charge >= 0.3 is 0 Å². The van der Waals surface area contributed by atoms with E-state index < -0.39 is 0 Å². The molecule has 2 aromatic heterocycles. The highest BCUT2D eigenvalue weighted by Gasteiger charge is 2.13. The van der Waals surface area contributed by atoms with Crippen LogP contribution in [0, 0.1) is 0 Å². The van der Waals surface area contributed by atoms with Gasteiger partial charge < -0.3 is 15.0 Å². The fourth-order valence-corrected chi connectivity index (χ4v) is 1.85. The highest BCUT2D eigenvalue weighted by molar-refractivity contribution is 5.85. The first kappa shape index (κ1) is 10.6. The lowest BCUT2D eigenvalue weighted by molar-refractivity contribution is 0.399. The number of rotatable bonds is 2. The van der Waals surface area contributed by atoms with Crippen molar-refractivity contribution in [2.45, 2.75) is 0 Å². The molecule has 0 amide bonds. The maximum Gasteiger partial charge on any atom is 0.223 e. The second kappa shape index (κ2) is 4.03. The third-order valence-electron chi connectivity index (χ3n) is 2.69. The fourth-order valence-electron chi connectivity index (χ4n) is 1.85. The van der Waals surface area contributed by atoms with E-state index in [4.69, 9.17) is 15.0 Å². The van der Waals surface area contributed by atoms with Gasteiger partial charge in [0.2, 0.25) is 11.8 Å². The van der Waals surface area contributed by atoms with Crippen LogP contribution in [0.25, 0.3) is 22.2 Å². The number of pyridine rings is 1. The summed E-state index contributed by atoms with van der Waals surface area (Å²) in [4.78, 5) is 4.43. The minimum Gasteiger partial charge on any atom is -0.480 e. The lowest BCUT2D eigenvalue weighted by atomic mass is 10.1. The molecule has 2 heterocycles. The Kier molecular flexibility index (Phi) is 2.37. The molecule has 0 bridgehead atoms. The zero-order valence-electron chi connectivity index (χ0n) is 9.75. The molecule has 0 fully saturated rings. The maximum atomic E-state index is 5.53. The molecule has 0 unspecified atom stereocenters. The third-order valence-corrected chi connectivity index (χ3v) is 2.69. The first-order valence-corrected chi connectivity index (χ1v) is 5.44. The number of benzene rings is 1. The molecule has 5 heteroatoms. The smallest absolute Gasteiger partial charge is 0.223 e. The molecule has 90 valence electrons. The Bertz CT molecular complexity index is 706. The molecule has 0 saturated heterocycles. The Morgan fingerprint density at radius 1 is 1.22 bits per heavy atom. The molecule has 0 atom stereocenters. The highest BCUT2D eigenvalue weighted by atomic mass is 16.5. The average Bonchev–Trinajstić information content (AvgIpc) is 2.83. The van der Waals surface area contributed by atoms with Crippen LogP contribution >= 0.6 is 0 Å². The quantitative estimate of drug-likeness (QED) is 0.746. The summed E-state index contributed by atoms with van der Waals surface area (Å²) in [6.45, 7) is 0. The van der Waals surface area contributed by atoms with Gasteiger partial charge in [0.25, 0.3) is 0 Å². The molecule has 3 aromatic rings. The molecule has 0 spiro atoms. The van der Waals surface area contributed by atoms with Crippen molar-refractivity contribution in [2.24, 2.45) is 0 Å². The Labute approximate surface area is 103 Å². The third kappa shape index (κ3) is 1.66. The average molecular weight is 241 g/mol. The zero-order valence-corrected chi connectivity index (χ0v) is 9.75. The minimum atomic E-state index is 0.264. The number of nitrogen functional groups attached to an aromatic ring is 1. The number of anilines is 1. The van der Waals surface area contributed by atoms with Crippen molar-refractivity contribution in [1.29, 1.82) is 0 Å². The van der Waals surface area contributed by atoms with E-state index in [1.807, 2.05) is 30.3 Å². The Morgan fingerprint density at radius 2 is 2.06 bits per heavy atom. The number of nitrogens with zero attached hydrogens (tertiary/aromatic N) is 2. The fraction of sp³-hybridized carbons (Fsp3) is 0.0769. The van der Waals surface area contributed by atoms with Crippen LogP contribution in [-0.4, -0.2) is 17.3 Å². The number of aromatic nitrogens is 2. The van der Waals surface area contributed by atoms with Crippen molar-refractivity contribution >= 4 is 16.8 Å².